The predicted octanol–water partition coefficient (Wildman–Crippen LogP) is 3.96. The number of allylic oxidation sites excluding steroid dienone is 1. The Balaban J connectivity index is 2.34. The van der Waals surface area contributed by atoms with Gasteiger partial charge in [0.25, 0.3) is 0 Å². The number of carboxylic acids is 1. The standard InChI is InChI=1S/C18H24O5/c1-13(8-6-4-3-5-7-9-17(20)21)18(22)15-11-10-14(23-2)12-16(15)19/h10-12,19H,1,3-9H2,2H3,(H,20,21). The topological polar surface area (TPSA) is 83.8 Å². The van der Waals surface area contributed by atoms with Gasteiger partial charge in [0.2, 0.25) is 0 Å². The van der Waals surface area contributed by atoms with Crippen molar-refractivity contribution in [1.29, 1.82) is 0 Å². The van der Waals surface area contributed by atoms with E-state index >= 15 is 0 Å². The largest absolute Gasteiger partial charge is 0.507 e. The van der Waals surface area contributed by atoms with Crippen LogP contribution >= 0.6 is 0 Å². The molecule has 5 nitrogen and oxygen atoms in total. The van der Waals surface area contributed by atoms with Gasteiger partial charge in [-0.2, -0.15) is 0 Å². The second-order valence-corrected chi connectivity index (χ2v) is 5.48. The van der Waals surface area contributed by atoms with Crippen molar-refractivity contribution in [3.8, 4) is 11.5 Å². The highest BCUT2D eigenvalue weighted by atomic mass is 16.5. The molecule has 23 heavy (non-hydrogen) atoms. The summed E-state index contributed by atoms with van der Waals surface area (Å²) in [5.74, 6) is -0.630. The molecule has 0 aliphatic rings. The molecular formula is C18H24O5. The minimum absolute atomic E-state index is 0.107. The average molecular weight is 320 g/mol. The number of carboxylic acid groups (broad SMARTS) is 1. The minimum atomic E-state index is -0.761. The fraction of sp³-hybridized carbons (Fsp3) is 0.444. The Labute approximate surface area is 136 Å². The molecule has 0 spiro atoms. The average Bonchev–Trinajstić information content (AvgIpc) is 2.52. The first-order valence-corrected chi connectivity index (χ1v) is 7.77. The molecule has 0 saturated heterocycles. The monoisotopic (exact) mass is 320 g/mol. The minimum Gasteiger partial charge on any atom is -0.507 e. The maximum absolute atomic E-state index is 12.2. The van der Waals surface area contributed by atoms with Gasteiger partial charge in [0.05, 0.1) is 12.7 Å². The van der Waals surface area contributed by atoms with Gasteiger partial charge in [-0.05, 0) is 37.0 Å². The number of carbonyl (C=O) groups is 2. The van der Waals surface area contributed by atoms with E-state index in [0.717, 1.165) is 25.7 Å². The summed E-state index contributed by atoms with van der Waals surface area (Å²) in [6.45, 7) is 3.80. The van der Waals surface area contributed by atoms with E-state index in [-0.39, 0.29) is 23.5 Å². The van der Waals surface area contributed by atoms with Crippen molar-refractivity contribution in [2.45, 2.75) is 44.9 Å². The van der Waals surface area contributed by atoms with Gasteiger partial charge >= 0.3 is 5.97 Å². The van der Waals surface area contributed by atoms with Gasteiger partial charge in [0.1, 0.15) is 11.5 Å². The number of benzene rings is 1. The Hall–Kier alpha value is -2.30. The number of Topliss-reactive ketones (excluding diaryl/α,β-unsaturated/α-hetero) is 1. The van der Waals surface area contributed by atoms with E-state index < -0.39 is 5.97 Å². The van der Waals surface area contributed by atoms with Crippen LogP contribution in [0, 0.1) is 0 Å². The van der Waals surface area contributed by atoms with E-state index in [1.165, 1.54) is 19.2 Å². The number of ether oxygens (including phenoxy) is 1. The van der Waals surface area contributed by atoms with Gasteiger partial charge in [-0.3, -0.25) is 9.59 Å². The summed E-state index contributed by atoms with van der Waals surface area (Å²) in [4.78, 5) is 22.6. The molecule has 0 atom stereocenters. The van der Waals surface area contributed by atoms with Crippen molar-refractivity contribution >= 4 is 11.8 Å². The lowest BCUT2D eigenvalue weighted by atomic mass is 9.98. The lowest BCUT2D eigenvalue weighted by Gasteiger charge is -2.08. The quantitative estimate of drug-likeness (QED) is 0.366. The molecule has 0 radical (unpaired) electrons. The summed E-state index contributed by atoms with van der Waals surface area (Å²) < 4.78 is 4.99. The summed E-state index contributed by atoms with van der Waals surface area (Å²) in [5.41, 5.74) is 0.702. The molecule has 0 aromatic heterocycles. The lowest BCUT2D eigenvalue weighted by molar-refractivity contribution is -0.137. The van der Waals surface area contributed by atoms with Crippen LogP contribution in [0.5, 0.6) is 11.5 Å². The van der Waals surface area contributed by atoms with Crippen molar-refractivity contribution in [3.05, 3.63) is 35.9 Å². The van der Waals surface area contributed by atoms with Crippen LogP contribution in [0.25, 0.3) is 0 Å². The first-order valence-electron chi connectivity index (χ1n) is 7.77. The Morgan fingerprint density at radius 1 is 1.09 bits per heavy atom. The maximum atomic E-state index is 12.2. The molecule has 126 valence electrons. The van der Waals surface area contributed by atoms with Gasteiger partial charge in [-0.1, -0.05) is 25.8 Å². The van der Waals surface area contributed by atoms with Gasteiger partial charge in [0, 0.05) is 12.5 Å². The molecule has 0 fully saturated rings. The highest BCUT2D eigenvalue weighted by molar-refractivity contribution is 6.10. The third kappa shape index (κ3) is 6.55. The number of phenolic OH excluding ortho intramolecular Hbond substituents is 1. The number of aliphatic carboxylic acids is 1. The van der Waals surface area contributed by atoms with Gasteiger partial charge < -0.3 is 14.9 Å². The van der Waals surface area contributed by atoms with E-state index in [0.29, 0.717) is 24.2 Å². The van der Waals surface area contributed by atoms with Crippen LogP contribution in [-0.4, -0.2) is 29.1 Å². The molecule has 2 N–H and O–H groups in total. The molecule has 1 aromatic carbocycles. The summed E-state index contributed by atoms with van der Waals surface area (Å²) in [5, 5.41) is 18.4. The van der Waals surface area contributed by atoms with E-state index in [1.807, 2.05) is 0 Å². The Morgan fingerprint density at radius 2 is 1.70 bits per heavy atom. The predicted molar refractivity (Wildman–Crippen MR) is 88.1 cm³/mol. The summed E-state index contributed by atoms with van der Waals surface area (Å²) in [6.07, 6.45) is 5.06. The lowest BCUT2D eigenvalue weighted by Crippen LogP contribution is -2.03. The van der Waals surface area contributed by atoms with E-state index in [9.17, 15) is 14.7 Å². The zero-order valence-electron chi connectivity index (χ0n) is 13.5. The Bertz CT molecular complexity index is 563. The van der Waals surface area contributed by atoms with Crippen LogP contribution < -0.4 is 4.74 Å². The van der Waals surface area contributed by atoms with Crippen LogP contribution in [0.3, 0.4) is 0 Å². The van der Waals surface area contributed by atoms with E-state index in [2.05, 4.69) is 6.58 Å². The normalized spacial score (nSPS) is 10.3. The number of unbranched alkanes of at least 4 members (excludes halogenated alkanes) is 4. The van der Waals surface area contributed by atoms with E-state index in [4.69, 9.17) is 9.84 Å². The molecule has 0 heterocycles. The van der Waals surface area contributed by atoms with Crippen molar-refractivity contribution in [1.82, 2.24) is 0 Å². The molecule has 5 heteroatoms. The highest BCUT2D eigenvalue weighted by Crippen LogP contribution is 2.26. The third-order valence-corrected chi connectivity index (χ3v) is 3.64. The second-order valence-electron chi connectivity index (χ2n) is 5.48. The van der Waals surface area contributed by atoms with Crippen LogP contribution in [0.15, 0.2) is 30.4 Å². The molecule has 0 aliphatic heterocycles. The van der Waals surface area contributed by atoms with E-state index in [1.54, 1.807) is 6.07 Å². The summed E-state index contributed by atoms with van der Waals surface area (Å²) in [7, 11) is 1.49. The Morgan fingerprint density at radius 3 is 2.26 bits per heavy atom. The molecule has 0 aliphatic carbocycles. The number of hydrogen-bond acceptors (Lipinski definition) is 4. The first-order chi connectivity index (χ1) is 11.0. The van der Waals surface area contributed by atoms with Crippen molar-refractivity contribution in [2.75, 3.05) is 7.11 Å². The molecule has 1 aromatic rings. The fourth-order valence-electron chi connectivity index (χ4n) is 2.28. The van der Waals surface area contributed by atoms with Crippen LogP contribution in [0.1, 0.15) is 55.3 Å². The van der Waals surface area contributed by atoms with Crippen LogP contribution in [0.2, 0.25) is 0 Å². The highest BCUT2D eigenvalue weighted by Gasteiger charge is 2.15. The van der Waals surface area contributed by atoms with Crippen LogP contribution in [-0.2, 0) is 4.79 Å². The molecule has 0 amide bonds. The number of carbonyl (C=O) groups excluding carboxylic acids is 1. The number of methoxy groups -OCH3 is 1. The SMILES string of the molecule is C=C(CCCCCCCC(=O)O)C(=O)c1ccc(OC)cc1O. The smallest absolute Gasteiger partial charge is 0.303 e. The fourth-order valence-corrected chi connectivity index (χ4v) is 2.28. The number of hydrogen-bond donors (Lipinski definition) is 2. The molecular weight excluding hydrogens is 296 g/mol. The van der Waals surface area contributed by atoms with Crippen LogP contribution in [0.4, 0.5) is 0 Å². The van der Waals surface area contributed by atoms with Gasteiger partial charge in [-0.25, -0.2) is 0 Å². The number of phenols is 1. The number of aromatic hydroxyl groups is 1. The molecule has 1 rings (SSSR count). The summed E-state index contributed by atoms with van der Waals surface area (Å²) >= 11 is 0. The van der Waals surface area contributed by atoms with Crippen molar-refractivity contribution < 1.29 is 24.5 Å². The van der Waals surface area contributed by atoms with Crippen molar-refractivity contribution in [3.63, 3.8) is 0 Å². The molecule has 0 bridgehead atoms. The van der Waals surface area contributed by atoms with Gasteiger partial charge in [0.15, 0.2) is 5.78 Å². The Kier molecular flexibility index (Phi) is 7.88. The van der Waals surface area contributed by atoms with Gasteiger partial charge in [-0.15, -0.1) is 0 Å². The molecule has 0 saturated carbocycles. The third-order valence-electron chi connectivity index (χ3n) is 3.64. The summed E-state index contributed by atoms with van der Waals surface area (Å²) in [6, 6.07) is 4.57. The second kappa shape index (κ2) is 9.66. The number of ketones is 1. The zero-order chi connectivity index (χ0) is 17.2. The first kappa shape index (κ1) is 18.7. The molecule has 0 unspecified atom stereocenters. The maximum Gasteiger partial charge on any atom is 0.303 e. The zero-order valence-corrected chi connectivity index (χ0v) is 13.5. The number of rotatable bonds is 11. The van der Waals surface area contributed by atoms with Crippen molar-refractivity contribution in [2.24, 2.45) is 0 Å².